The van der Waals surface area contributed by atoms with Crippen LogP contribution in [-0.2, 0) is 9.53 Å². The summed E-state index contributed by atoms with van der Waals surface area (Å²) in [4.78, 5) is 11.3. The Balaban J connectivity index is 0.00000560. The fourth-order valence-electron chi connectivity index (χ4n) is 6.53. The van der Waals surface area contributed by atoms with Crippen molar-refractivity contribution in [2.45, 2.75) is 123 Å². The van der Waals surface area contributed by atoms with Gasteiger partial charge in [0, 0.05) is 13.3 Å². The van der Waals surface area contributed by atoms with Gasteiger partial charge in [-0.05, 0) is 81.1 Å². The Labute approximate surface area is 234 Å². The highest BCUT2D eigenvalue weighted by Crippen LogP contribution is 2.54. The monoisotopic (exact) mass is 578 g/mol. The Morgan fingerprint density at radius 3 is 2.27 bits per heavy atom. The molecule has 0 aliphatic heterocycles. The van der Waals surface area contributed by atoms with E-state index in [1.165, 1.54) is 18.1 Å². The zero-order valence-electron chi connectivity index (χ0n) is 22.9. The van der Waals surface area contributed by atoms with E-state index in [1.54, 1.807) is 0 Å². The van der Waals surface area contributed by atoms with Gasteiger partial charge in [-0.15, -0.1) is 0 Å². The Kier molecular flexibility index (Phi) is 11.4. The Bertz CT molecular complexity index is 990. The maximum Gasteiger partial charge on any atom is 0.429 e. The van der Waals surface area contributed by atoms with Crippen molar-refractivity contribution < 1.29 is 41.0 Å². The van der Waals surface area contributed by atoms with Crippen molar-refractivity contribution >= 4 is 5.97 Å². The molecule has 0 saturated heterocycles. The van der Waals surface area contributed by atoms with Crippen LogP contribution in [0.5, 0.6) is 0 Å². The molecule has 3 aliphatic carbocycles. The molecule has 0 aromatic rings. The quantitative estimate of drug-likeness (QED) is 0.194. The molecule has 0 bridgehead atoms. The van der Waals surface area contributed by atoms with E-state index in [9.17, 15) is 36.2 Å². The van der Waals surface area contributed by atoms with E-state index >= 15 is 0 Å². The maximum absolute atomic E-state index is 13.0. The first-order valence-electron chi connectivity index (χ1n) is 13.9. The van der Waals surface area contributed by atoms with Gasteiger partial charge in [-0.3, -0.25) is 4.79 Å². The summed E-state index contributed by atoms with van der Waals surface area (Å²) in [6.45, 7) is 5.43. The molecule has 40 heavy (non-hydrogen) atoms. The van der Waals surface area contributed by atoms with Crippen LogP contribution in [0.25, 0.3) is 0 Å². The van der Waals surface area contributed by atoms with E-state index in [2.05, 4.69) is 25.2 Å². The van der Waals surface area contributed by atoms with Crippen LogP contribution in [0.1, 0.15) is 98.8 Å². The number of carbonyl (C=O) groups excluding carboxylic acids is 1. The first kappa shape index (κ1) is 34.2. The summed E-state index contributed by atoms with van der Waals surface area (Å²) in [5, 5.41) is 9.41. The SMILES string of the molecule is C.CC(=O)O[C@H]1CCC/C(=C/C=C2\CCCC[C@]3(C)C([C@H](C)C/C=C\C(O)(C(F)(F)F)C(F)(F)F)=CCC3C2)C1. The van der Waals surface area contributed by atoms with Gasteiger partial charge in [0.1, 0.15) is 6.10 Å². The lowest BCUT2D eigenvalue weighted by molar-refractivity contribution is -0.347. The summed E-state index contributed by atoms with van der Waals surface area (Å²) in [6.07, 6.45) is 4.56. The molecule has 0 aromatic heterocycles. The number of rotatable bonds is 6. The van der Waals surface area contributed by atoms with E-state index < -0.39 is 18.0 Å². The average molecular weight is 579 g/mol. The summed E-state index contributed by atoms with van der Waals surface area (Å²) >= 11 is 0. The number of ether oxygens (including phenoxy) is 1. The minimum absolute atomic E-state index is 0. The largest absolute Gasteiger partial charge is 0.462 e. The molecular weight excluding hydrogens is 534 g/mol. The number of halogens is 6. The molecular formula is C31H44F6O3. The van der Waals surface area contributed by atoms with Crippen molar-refractivity contribution in [2.75, 3.05) is 0 Å². The molecule has 3 rings (SSSR count). The van der Waals surface area contributed by atoms with Crippen LogP contribution in [0.4, 0.5) is 26.3 Å². The minimum atomic E-state index is -5.86. The first-order chi connectivity index (χ1) is 18.1. The van der Waals surface area contributed by atoms with Gasteiger partial charge < -0.3 is 9.84 Å². The highest BCUT2D eigenvalue weighted by atomic mass is 19.4. The lowest BCUT2D eigenvalue weighted by Gasteiger charge is -2.39. The van der Waals surface area contributed by atoms with Crippen LogP contribution in [0.15, 0.2) is 47.1 Å². The minimum Gasteiger partial charge on any atom is -0.462 e. The zero-order chi connectivity index (χ0) is 29.1. The topological polar surface area (TPSA) is 46.5 Å². The van der Waals surface area contributed by atoms with Crippen molar-refractivity contribution in [1.82, 2.24) is 0 Å². The molecule has 0 radical (unpaired) electrons. The number of hydrogen-bond donors (Lipinski definition) is 1. The number of alkyl halides is 6. The van der Waals surface area contributed by atoms with Gasteiger partial charge in [0.2, 0.25) is 0 Å². The van der Waals surface area contributed by atoms with E-state index in [0.717, 1.165) is 75.9 Å². The summed E-state index contributed by atoms with van der Waals surface area (Å²) in [5.41, 5.74) is -1.35. The first-order valence-corrected chi connectivity index (χ1v) is 13.9. The predicted octanol–water partition coefficient (Wildman–Crippen LogP) is 9.34. The Hall–Kier alpha value is -2.03. The highest BCUT2D eigenvalue weighted by Gasteiger charge is 2.68. The predicted molar refractivity (Wildman–Crippen MR) is 144 cm³/mol. The molecule has 1 N–H and O–H groups in total. The van der Waals surface area contributed by atoms with Gasteiger partial charge in [-0.1, -0.05) is 68.7 Å². The molecule has 2 saturated carbocycles. The molecule has 4 atom stereocenters. The van der Waals surface area contributed by atoms with E-state index in [0.29, 0.717) is 5.92 Å². The number of fused-ring (bicyclic) bond motifs is 1. The maximum atomic E-state index is 13.0. The molecule has 0 aromatic carbocycles. The smallest absolute Gasteiger partial charge is 0.429 e. The molecule has 2 fully saturated rings. The summed E-state index contributed by atoms with van der Waals surface area (Å²) < 4.78 is 83.5. The molecule has 3 nitrogen and oxygen atoms in total. The van der Waals surface area contributed by atoms with Gasteiger partial charge in [0.25, 0.3) is 5.60 Å². The van der Waals surface area contributed by atoms with Gasteiger partial charge in [0.05, 0.1) is 0 Å². The van der Waals surface area contributed by atoms with Gasteiger partial charge in [0.15, 0.2) is 0 Å². The third kappa shape index (κ3) is 7.83. The number of aliphatic hydroxyl groups is 1. The lowest BCUT2D eigenvalue weighted by atomic mass is 9.65. The molecule has 1 unspecified atom stereocenters. The molecule has 0 heterocycles. The normalized spacial score (nSPS) is 29.4. The average Bonchev–Trinajstić information content (AvgIpc) is 3.11. The van der Waals surface area contributed by atoms with Crippen LogP contribution in [0.3, 0.4) is 0 Å². The summed E-state index contributed by atoms with van der Waals surface area (Å²) in [5.74, 6) is -0.202. The van der Waals surface area contributed by atoms with E-state index in [4.69, 9.17) is 4.74 Å². The second-order valence-corrected chi connectivity index (χ2v) is 11.7. The van der Waals surface area contributed by atoms with Crippen LogP contribution >= 0.6 is 0 Å². The van der Waals surface area contributed by atoms with Crippen molar-refractivity contribution in [3.8, 4) is 0 Å². The standard InChI is InChI=1S/C30H40F6O3.CH4/c1-20(8-7-17-28(38,29(31,32)33)30(34,35)36)26-15-14-24-18-22(9-4-5-16-27(24,26)3)12-13-23-10-6-11-25(19-23)39-21(2)37;/h7,12-13,15,17,20,24-25,38H,4-6,8-11,14,16,18-19H2,1-3H3;1H4/b17-7-,22-12+,23-13-;/t20-,24?,25+,27+;/m1./s1. The van der Waals surface area contributed by atoms with Crippen molar-refractivity contribution in [3.05, 3.63) is 47.1 Å². The summed E-state index contributed by atoms with van der Waals surface area (Å²) in [7, 11) is 0. The second kappa shape index (κ2) is 13.3. The molecule has 0 amide bonds. The molecule has 9 heteroatoms. The van der Waals surface area contributed by atoms with Gasteiger partial charge >= 0.3 is 18.3 Å². The zero-order valence-corrected chi connectivity index (χ0v) is 22.9. The highest BCUT2D eigenvalue weighted by molar-refractivity contribution is 5.66. The Morgan fingerprint density at radius 1 is 1.07 bits per heavy atom. The third-order valence-corrected chi connectivity index (χ3v) is 8.78. The van der Waals surface area contributed by atoms with Crippen LogP contribution in [0.2, 0.25) is 0 Å². The second-order valence-electron chi connectivity index (χ2n) is 11.7. The number of esters is 1. The van der Waals surface area contributed by atoms with Gasteiger partial charge in [-0.2, -0.15) is 26.3 Å². The van der Waals surface area contributed by atoms with E-state index in [-0.39, 0.29) is 43.3 Å². The molecule has 0 spiro atoms. The fourth-order valence-corrected chi connectivity index (χ4v) is 6.53. The number of carbonyl (C=O) groups is 1. The number of hydrogen-bond acceptors (Lipinski definition) is 3. The fraction of sp³-hybridized carbons (Fsp3) is 0.710. The van der Waals surface area contributed by atoms with Crippen molar-refractivity contribution in [3.63, 3.8) is 0 Å². The Morgan fingerprint density at radius 2 is 1.68 bits per heavy atom. The lowest BCUT2D eigenvalue weighted by Crippen LogP contribution is -2.55. The van der Waals surface area contributed by atoms with Crippen LogP contribution in [-0.4, -0.2) is 35.1 Å². The molecule has 228 valence electrons. The van der Waals surface area contributed by atoms with Crippen LogP contribution < -0.4 is 0 Å². The van der Waals surface area contributed by atoms with Crippen LogP contribution in [0, 0.1) is 17.3 Å². The summed E-state index contributed by atoms with van der Waals surface area (Å²) in [6, 6.07) is 0. The van der Waals surface area contributed by atoms with Crippen molar-refractivity contribution in [1.29, 1.82) is 0 Å². The van der Waals surface area contributed by atoms with Gasteiger partial charge in [-0.25, -0.2) is 0 Å². The molecule has 3 aliphatic rings. The number of allylic oxidation sites excluding steroid dienone is 6. The van der Waals surface area contributed by atoms with E-state index in [1.807, 2.05) is 6.92 Å². The third-order valence-electron chi connectivity index (χ3n) is 8.78. The van der Waals surface area contributed by atoms with Crippen molar-refractivity contribution in [2.24, 2.45) is 17.3 Å².